The molecule has 180 valence electrons. The predicted octanol–water partition coefficient (Wildman–Crippen LogP) is 2.80. The van der Waals surface area contributed by atoms with Crippen LogP contribution in [0.2, 0.25) is 5.02 Å². The van der Waals surface area contributed by atoms with E-state index in [0.717, 1.165) is 50.6 Å². The van der Waals surface area contributed by atoms with Crippen molar-refractivity contribution in [2.75, 3.05) is 19.8 Å². The summed E-state index contributed by atoms with van der Waals surface area (Å²) in [5, 5.41) is 3.51. The van der Waals surface area contributed by atoms with Crippen LogP contribution in [-0.4, -0.2) is 62.9 Å². The summed E-state index contributed by atoms with van der Waals surface area (Å²) in [5.74, 6) is 0.721. The first kappa shape index (κ1) is 25.4. The summed E-state index contributed by atoms with van der Waals surface area (Å²) in [7, 11) is -3.32. The molecule has 0 radical (unpaired) electrons. The fourth-order valence-corrected chi connectivity index (χ4v) is 5.51. The number of halogens is 1. The summed E-state index contributed by atoms with van der Waals surface area (Å²) in [5.41, 5.74) is 0.940. The number of carbonyl (C=O) groups excluding carboxylic acids is 1. The van der Waals surface area contributed by atoms with Crippen LogP contribution < -0.4 is 14.8 Å². The molecule has 1 aliphatic carbocycles. The van der Waals surface area contributed by atoms with Gasteiger partial charge in [-0.3, -0.25) is 4.79 Å². The molecule has 0 unspecified atom stereocenters. The molecule has 1 aromatic rings. The number of nitrogens with one attached hydrogen (secondary N) is 2. The van der Waals surface area contributed by atoms with Crippen LogP contribution in [0.4, 0.5) is 0 Å². The van der Waals surface area contributed by atoms with Gasteiger partial charge in [-0.1, -0.05) is 11.6 Å². The van der Waals surface area contributed by atoms with Crippen LogP contribution in [0.1, 0.15) is 63.9 Å². The number of sulfonamides is 1. The summed E-state index contributed by atoms with van der Waals surface area (Å²) in [6.07, 6.45) is 7.71. The highest BCUT2D eigenvalue weighted by atomic mass is 35.5. The van der Waals surface area contributed by atoms with Crippen molar-refractivity contribution < 1.29 is 22.7 Å². The molecule has 2 heterocycles. The SMILES string of the molecule is CC(C)S(=O)(=O)N[C@H]1CCCN[C@H]1COC1CCC(c2cc(Cl)cnc2OCC=O)CC1. The summed E-state index contributed by atoms with van der Waals surface area (Å²) in [6, 6.07) is 1.69. The zero-order valence-corrected chi connectivity index (χ0v) is 20.3. The maximum Gasteiger partial charge on any atom is 0.217 e. The molecule has 2 atom stereocenters. The number of pyridine rings is 1. The van der Waals surface area contributed by atoms with E-state index in [-0.39, 0.29) is 30.7 Å². The van der Waals surface area contributed by atoms with Crippen molar-refractivity contribution in [1.82, 2.24) is 15.0 Å². The maximum absolute atomic E-state index is 12.3. The second-order valence-corrected chi connectivity index (χ2v) is 11.6. The summed E-state index contributed by atoms with van der Waals surface area (Å²) in [6.45, 7) is 4.69. The quantitative estimate of drug-likeness (QED) is 0.488. The van der Waals surface area contributed by atoms with E-state index in [0.29, 0.717) is 23.8 Å². The Morgan fingerprint density at radius 3 is 2.72 bits per heavy atom. The summed E-state index contributed by atoms with van der Waals surface area (Å²) < 4.78 is 39.2. The van der Waals surface area contributed by atoms with Gasteiger partial charge in [0.15, 0.2) is 6.29 Å². The van der Waals surface area contributed by atoms with Crippen molar-refractivity contribution in [2.45, 2.75) is 81.7 Å². The van der Waals surface area contributed by atoms with Crippen LogP contribution in [0.3, 0.4) is 0 Å². The third kappa shape index (κ3) is 6.87. The lowest BCUT2D eigenvalue weighted by molar-refractivity contribution is -0.109. The Bertz CT molecular complexity index is 859. The highest BCUT2D eigenvalue weighted by molar-refractivity contribution is 7.90. The Hall–Kier alpha value is -1.26. The van der Waals surface area contributed by atoms with Gasteiger partial charge < -0.3 is 14.8 Å². The largest absolute Gasteiger partial charge is 0.470 e. The van der Waals surface area contributed by atoms with Crippen molar-refractivity contribution in [3.63, 3.8) is 0 Å². The van der Waals surface area contributed by atoms with Crippen molar-refractivity contribution in [2.24, 2.45) is 0 Å². The molecule has 1 saturated heterocycles. The number of rotatable bonds is 10. The Balaban J connectivity index is 1.53. The number of piperidine rings is 1. The number of hydrogen-bond acceptors (Lipinski definition) is 7. The first-order valence-corrected chi connectivity index (χ1v) is 13.3. The molecule has 1 aliphatic heterocycles. The Morgan fingerprint density at radius 2 is 2.03 bits per heavy atom. The molecule has 0 spiro atoms. The zero-order chi connectivity index (χ0) is 23.1. The second kappa shape index (κ2) is 11.7. The van der Waals surface area contributed by atoms with Crippen molar-refractivity contribution >= 4 is 27.9 Å². The van der Waals surface area contributed by atoms with Gasteiger partial charge in [0.25, 0.3) is 0 Å². The monoisotopic (exact) mass is 487 g/mol. The Labute approximate surface area is 195 Å². The minimum atomic E-state index is -3.32. The topological polar surface area (TPSA) is 107 Å². The molecule has 0 aromatic carbocycles. The van der Waals surface area contributed by atoms with Crippen molar-refractivity contribution in [3.05, 3.63) is 22.8 Å². The fraction of sp³-hybridized carbons (Fsp3) is 0.727. The maximum atomic E-state index is 12.3. The number of hydrogen-bond donors (Lipinski definition) is 2. The number of aromatic nitrogens is 1. The molecular formula is C22H34ClN3O5S. The predicted molar refractivity (Wildman–Crippen MR) is 124 cm³/mol. The van der Waals surface area contributed by atoms with Crippen LogP contribution in [0.25, 0.3) is 0 Å². The van der Waals surface area contributed by atoms with Gasteiger partial charge in [-0.2, -0.15) is 0 Å². The van der Waals surface area contributed by atoms with E-state index in [1.54, 1.807) is 13.8 Å². The minimum Gasteiger partial charge on any atom is -0.470 e. The smallest absolute Gasteiger partial charge is 0.217 e. The van der Waals surface area contributed by atoms with Crippen LogP contribution >= 0.6 is 11.6 Å². The molecule has 2 fully saturated rings. The average Bonchev–Trinajstić information content (AvgIpc) is 2.77. The molecule has 2 N–H and O–H groups in total. The van der Waals surface area contributed by atoms with Gasteiger partial charge in [0.1, 0.15) is 6.61 Å². The van der Waals surface area contributed by atoms with Gasteiger partial charge in [0.2, 0.25) is 15.9 Å². The van der Waals surface area contributed by atoms with Crippen LogP contribution in [-0.2, 0) is 19.6 Å². The standard InChI is InChI=1S/C22H34ClN3O5S/c1-15(2)32(28,29)26-20-4-3-9-24-21(20)14-31-18-7-5-16(6-8-18)19-12-17(23)13-25-22(19)30-11-10-27/h10,12-13,15-16,18,20-21,24,26H,3-9,11,14H2,1-2H3/t16?,18?,20-,21-/m0/s1. The van der Waals surface area contributed by atoms with Crippen LogP contribution in [0.5, 0.6) is 5.88 Å². The third-order valence-corrected chi connectivity index (χ3v) is 8.36. The molecular weight excluding hydrogens is 454 g/mol. The van der Waals surface area contributed by atoms with Gasteiger partial charge in [-0.25, -0.2) is 18.1 Å². The summed E-state index contributed by atoms with van der Waals surface area (Å²) in [4.78, 5) is 14.9. The molecule has 0 bridgehead atoms. The van der Waals surface area contributed by atoms with Crippen molar-refractivity contribution in [3.8, 4) is 5.88 Å². The van der Waals surface area contributed by atoms with Crippen molar-refractivity contribution in [1.29, 1.82) is 0 Å². The van der Waals surface area contributed by atoms with Gasteiger partial charge in [-0.15, -0.1) is 0 Å². The van der Waals surface area contributed by atoms with Crippen LogP contribution in [0, 0.1) is 0 Å². The molecule has 1 saturated carbocycles. The highest BCUT2D eigenvalue weighted by Gasteiger charge is 2.32. The number of carbonyl (C=O) groups is 1. The first-order chi connectivity index (χ1) is 15.3. The molecule has 8 nitrogen and oxygen atoms in total. The van der Waals surface area contributed by atoms with E-state index in [9.17, 15) is 13.2 Å². The van der Waals surface area contributed by atoms with E-state index in [1.807, 2.05) is 6.07 Å². The fourth-order valence-electron chi connectivity index (χ4n) is 4.36. The molecule has 2 aliphatic rings. The summed E-state index contributed by atoms with van der Waals surface area (Å²) >= 11 is 6.15. The van der Waals surface area contributed by atoms with E-state index in [2.05, 4.69) is 15.0 Å². The lowest BCUT2D eigenvalue weighted by Crippen LogP contribution is -2.56. The van der Waals surface area contributed by atoms with Gasteiger partial charge in [0, 0.05) is 23.8 Å². The van der Waals surface area contributed by atoms with E-state index < -0.39 is 15.3 Å². The second-order valence-electron chi connectivity index (χ2n) is 8.85. The Kier molecular flexibility index (Phi) is 9.31. The average molecular weight is 488 g/mol. The Morgan fingerprint density at radius 1 is 1.28 bits per heavy atom. The normalized spacial score (nSPS) is 26.8. The molecule has 1 aromatic heterocycles. The molecule has 3 rings (SSSR count). The van der Waals surface area contributed by atoms with Crippen LogP contribution in [0.15, 0.2) is 12.3 Å². The number of nitrogens with zero attached hydrogens (tertiary/aromatic N) is 1. The number of aldehydes is 1. The minimum absolute atomic E-state index is 0.0315. The lowest BCUT2D eigenvalue weighted by Gasteiger charge is -2.35. The van der Waals surface area contributed by atoms with E-state index >= 15 is 0 Å². The molecule has 0 amide bonds. The highest BCUT2D eigenvalue weighted by Crippen LogP contribution is 2.38. The van der Waals surface area contributed by atoms with Gasteiger partial charge in [-0.05, 0) is 70.9 Å². The van der Waals surface area contributed by atoms with E-state index in [1.165, 1.54) is 6.20 Å². The first-order valence-electron chi connectivity index (χ1n) is 11.4. The van der Waals surface area contributed by atoms with Gasteiger partial charge >= 0.3 is 0 Å². The lowest BCUT2D eigenvalue weighted by atomic mass is 9.83. The molecule has 10 heteroatoms. The van der Waals surface area contributed by atoms with E-state index in [4.69, 9.17) is 21.1 Å². The molecule has 32 heavy (non-hydrogen) atoms. The third-order valence-electron chi connectivity index (χ3n) is 6.28. The zero-order valence-electron chi connectivity index (χ0n) is 18.8. The number of ether oxygens (including phenoxy) is 2. The van der Waals surface area contributed by atoms with Gasteiger partial charge in [0.05, 0.1) is 23.0 Å².